The molecule has 1 aromatic heterocycles. The number of ether oxygens (including phenoxy) is 1. The van der Waals surface area contributed by atoms with E-state index < -0.39 is 0 Å². The molecule has 0 N–H and O–H groups in total. The molecular weight excluding hydrogens is 370 g/mol. The number of aromatic nitrogens is 1. The lowest BCUT2D eigenvalue weighted by molar-refractivity contribution is -0.142. The first kappa shape index (κ1) is 16.5. The summed E-state index contributed by atoms with van der Waals surface area (Å²) in [6, 6.07) is 13.2. The SMILES string of the molecule is CC(=O)OCc1c(Br)cccc1-n1ccc2cc(C)ccc2c1=O. The Kier molecular flexibility index (Phi) is 4.53. The zero-order chi connectivity index (χ0) is 17.3. The summed E-state index contributed by atoms with van der Waals surface area (Å²) in [7, 11) is 0. The highest BCUT2D eigenvalue weighted by Gasteiger charge is 2.12. The number of aryl methyl sites for hydroxylation is 1. The molecule has 24 heavy (non-hydrogen) atoms. The van der Waals surface area contributed by atoms with Crippen LogP contribution in [0.4, 0.5) is 0 Å². The molecule has 2 aromatic carbocycles. The van der Waals surface area contributed by atoms with E-state index in [1.54, 1.807) is 10.8 Å². The average Bonchev–Trinajstić information content (AvgIpc) is 2.53. The Morgan fingerprint density at radius 1 is 1.21 bits per heavy atom. The number of esters is 1. The van der Waals surface area contributed by atoms with E-state index in [2.05, 4.69) is 15.9 Å². The number of rotatable bonds is 3. The summed E-state index contributed by atoms with van der Waals surface area (Å²) in [5, 5.41) is 1.56. The largest absolute Gasteiger partial charge is 0.461 e. The van der Waals surface area contributed by atoms with Gasteiger partial charge in [0.15, 0.2) is 0 Å². The quantitative estimate of drug-likeness (QED) is 0.637. The van der Waals surface area contributed by atoms with Gasteiger partial charge in [0.25, 0.3) is 5.56 Å². The van der Waals surface area contributed by atoms with E-state index in [-0.39, 0.29) is 18.1 Å². The number of hydrogen-bond donors (Lipinski definition) is 0. The van der Waals surface area contributed by atoms with Gasteiger partial charge in [-0.05, 0) is 36.6 Å². The van der Waals surface area contributed by atoms with Gasteiger partial charge >= 0.3 is 5.97 Å². The van der Waals surface area contributed by atoms with Crippen LogP contribution in [0.3, 0.4) is 0 Å². The molecule has 3 aromatic rings. The number of fused-ring (bicyclic) bond motifs is 1. The minimum Gasteiger partial charge on any atom is -0.461 e. The maximum absolute atomic E-state index is 12.9. The van der Waals surface area contributed by atoms with Crippen molar-refractivity contribution < 1.29 is 9.53 Å². The van der Waals surface area contributed by atoms with Crippen LogP contribution in [0.2, 0.25) is 0 Å². The number of nitrogens with zero attached hydrogens (tertiary/aromatic N) is 1. The Bertz CT molecular complexity index is 992. The van der Waals surface area contributed by atoms with Crippen molar-refractivity contribution >= 4 is 32.7 Å². The van der Waals surface area contributed by atoms with Crippen molar-refractivity contribution in [2.45, 2.75) is 20.5 Å². The van der Waals surface area contributed by atoms with E-state index in [0.29, 0.717) is 11.1 Å². The molecule has 3 rings (SSSR count). The molecule has 0 saturated carbocycles. The van der Waals surface area contributed by atoms with Crippen LogP contribution >= 0.6 is 15.9 Å². The maximum atomic E-state index is 12.9. The van der Waals surface area contributed by atoms with E-state index >= 15 is 0 Å². The molecule has 0 aliphatic rings. The van der Waals surface area contributed by atoms with Crippen LogP contribution in [-0.4, -0.2) is 10.5 Å². The topological polar surface area (TPSA) is 48.3 Å². The van der Waals surface area contributed by atoms with Gasteiger partial charge in [-0.2, -0.15) is 0 Å². The Morgan fingerprint density at radius 2 is 2.00 bits per heavy atom. The Morgan fingerprint density at radius 3 is 2.75 bits per heavy atom. The van der Waals surface area contributed by atoms with Crippen molar-refractivity contribution in [1.29, 1.82) is 0 Å². The molecule has 0 spiro atoms. The molecule has 4 nitrogen and oxygen atoms in total. The third-order valence-electron chi connectivity index (χ3n) is 3.83. The highest BCUT2D eigenvalue weighted by molar-refractivity contribution is 9.10. The lowest BCUT2D eigenvalue weighted by atomic mass is 10.1. The minimum absolute atomic E-state index is 0.102. The van der Waals surface area contributed by atoms with Crippen molar-refractivity contribution in [3.63, 3.8) is 0 Å². The predicted molar refractivity (Wildman–Crippen MR) is 97.5 cm³/mol. The number of benzene rings is 2. The van der Waals surface area contributed by atoms with Crippen molar-refractivity contribution in [1.82, 2.24) is 4.57 Å². The summed E-state index contributed by atoms with van der Waals surface area (Å²) in [5.74, 6) is -0.363. The van der Waals surface area contributed by atoms with Gasteiger partial charge in [0, 0.05) is 28.5 Å². The summed E-state index contributed by atoms with van der Waals surface area (Å²) in [6.45, 7) is 3.46. The molecule has 5 heteroatoms. The fourth-order valence-electron chi connectivity index (χ4n) is 2.65. The van der Waals surface area contributed by atoms with E-state index in [1.165, 1.54) is 6.92 Å². The Balaban J connectivity index is 2.19. The molecule has 0 bridgehead atoms. The number of hydrogen-bond acceptors (Lipinski definition) is 3. The van der Waals surface area contributed by atoms with Gasteiger partial charge in [-0.25, -0.2) is 0 Å². The monoisotopic (exact) mass is 385 g/mol. The third kappa shape index (κ3) is 3.12. The fraction of sp³-hybridized carbons (Fsp3) is 0.158. The summed E-state index contributed by atoms with van der Waals surface area (Å²) < 4.78 is 7.50. The molecule has 0 unspecified atom stereocenters. The molecule has 0 aliphatic carbocycles. The fourth-order valence-corrected chi connectivity index (χ4v) is 3.12. The van der Waals surface area contributed by atoms with Crippen LogP contribution in [0.25, 0.3) is 16.5 Å². The zero-order valence-corrected chi connectivity index (χ0v) is 15.0. The van der Waals surface area contributed by atoms with Crippen LogP contribution < -0.4 is 5.56 Å². The van der Waals surface area contributed by atoms with E-state index in [0.717, 1.165) is 21.0 Å². The highest BCUT2D eigenvalue weighted by atomic mass is 79.9. The molecule has 0 amide bonds. The molecular formula is C19H16BrNO3. The number of halogens is 1. The average molecular weight is 386 g/mol. The molecule has 1 heterocycles. The van der Waals surface area contributed by atoms with Crippen LogP contribution in [-0.2, 0) is 16.1 Å². The maximum Gasteiger partial charge on any atom is 0.302 e. The number of carbonyl (C=O) groups is 1. The van der Waals surface area contributed by atoms with Gasteiger partial charge < -0.3 is 4.74 Å². The van der Waals surface area contributed by atoms with E-state index in [1.807, 2.05) is 49.4 Å². The van der Waals surface area contributed by atoms with Gasteiger partial charge in [-0.1, -0.05) is 39.7 Å². The summed E-state index contributed by atoms with van der Waals surface area (Å²) >= 11 is 3.47. The summed E-state index contributed by atoms with van der Waals surface area (Å²) in [5.41, 5.74) is 2.45. The molecule has 0 atom stereocenters. The lowest BCUT2D eigenvalue weighted by Gasteiger charge is -2.14. The second kappa shape index (κ2) is 6.61. The Labute approximate surface area is 147 Å². The lowest BCUT2D eigenvalue weighted by Crippen LogP contribution is -2.19. The zero-order valence-electron chi connectivity index (χ0n) is 13.4. The summed E-state index contributed by atoms with van der Waals surface area (Å²) in [4.78, 5) is 24.0. The van der Waals surface area contributed by atoms with Crippen molar-refractivity contribution in [2.24, 2.45) is 0 Å². The second-order valence-corrected chi connectivity index (χ2v) is 6.45. The van der Waals surface area contributed by atoms with Crippen molar-refractivity contribution in [2.75, 3.05) is 0 Å². The first-order chi connectivity index (χ1) is 11.5. The summed E-state index contributed by atoms with van der Waals surface area (Å²) in [6.07, 6.45) is 1.75. The van der Waals surface area contributed by atoms with E-state index in [4.69, 9.17) is 4.74 Å². The van der Waals surface area contributed by atoms with E-state index in [9.17, 15) is 9.59 Å². The first-order valence-electron chi connectivity index (χ1n) is 7.50. The van der Waals surface area contributed by atoms with Crippen LogP contribution in [0, 0.1) is 6.92 Å². The second-order valence-electron chi connectivity index (χ2n) is 5.60. The molecule has 122 valence electrons. The van der Waals surface area contributed by atoms with Crippen LogP contribution in [0.5, 0.6) is 0 Å². The third-order valence-corrected chi connectivity index (χ3v) is 4.58. The Hall–Kier alpha value is -2.40. The van der Waals surface area contributed by atoms with Gasteiger partial charge in [-0.3, -0.25) is 14.2 Å². The van der Waals surface area contributed by atoms with Gasteiger partial charge in [0.2, 0.25) is 0 Å². The van der Waals surface area contributed by atoms with Crippen molar-refractivity contribution in [3.8, 4) is 5.69 Å². The molecule has 0 fully saturated rings. The molecule has 0 saturated heterocycles. The smallest absolute Gasteiger partial charge is 0.302 e. The normalized spacial score (nSPS) is 10.8. The first-order valence-corrected chi connectivity index (χ1v) is 8.30. The number of carbonyl (C=O) groups excluding carboxylic acids is 1. The number of pyridine rings is 1. The highest BCUT2D eigenvalue weighted by Crippen LogP contribution is 2.25. The van der Waals surface area contributed by atoms with Gasteiger partial charge in [0.1, 0.15) is 6.61 Å². The minimum atomic E-state index is -0.363. The van der Waals surface area contributed by atoms with Crippen LogP contribution in [0.15, 0.2) is 57.9 Å². The van der Waals surface area contributed by atoms with Crippen molar-refractivity contribution in [3.05, 3.63) is 74.6 Å². The molecule has 0 aliphatic heterocycles. The van der Waals surface area contributed by atoms with Gasteiger partial charge in [-0.15, -0.1) is 0 Å². The van der Waals surface area contributed by atoms with Crippen LogP contribution in [0.1, 0.15) is 18.1 Å². The predicted octanol–water partition coefficient (Wildman–Crippen LogP) is 4.12. The van der Waals surface area contributed by atoms with Gasteiger partial charge in [0.05, 0.1) is 5.69 Å². The standard InChI is InChI=1S/C19H16BrNO3/c1-12-6-7-15-14(10-12)8-9-21(19(15)23)18-5-3-4-17(20)16(18)11-24-13(2)22/h3-10H,11H2,1-2H3. The molecule has 0 radical (unpaired) electrons.